The summed E-state index contributed by atoms with van der Waals surface area (Å²) in [5.41, 5.74) is 6.50. The minimum absolute atomic E-state index is 0.152. The van der Waals surface area contributed by atoms with Crippen molar-refractivity contribution < 1.29 is 14.4 Å². The molecule has 0 spiro atoms. The molecule has 0 bridgehead atoms. The van der Waals surface area contributed by atoms with Gasteiger partial charge < -0.3 is 16.0 Å². The highest BCUT2D eigenvalue weighted by Gasteiger charge is 2.35. The normalized spacial score (nSPS) is 19.6. The predicted molar refractivity (Wildman–Crippen MR) is 97.4 cm³/mol. The molecular formula is C18H22N6O3. The molecule has 0 radical (unpaired) electrons. The lowest BCUT2D eigenvalue weighted by molar-refractivity contribution is -0.146. The number of nitrogens with two attached hydrogens (primary N) is 1. The van der Waals surface area contributed by atoms with E-state index in [1.54, 1.807) is 15.8 Å². The number of carbonyl (C=O) groups is 3. The lowest BCUT2D eigenvalue weighted by Crippen LogP contribution is -2.47. The van der Waals surface area contributed by atoms with Crippen LogP contribution in [-0.4, -0.2) is 43.9 Å². The van der Waals surface area contributed by atoms with Crippen LogP contribution in [0.3, 0.4) is 0 Å². The highest BCUT2D eigenvalue weighted by molar-refractivity contribution is 6.39. The average Bonchev–Trinajstić information content (AvgIpc) is 3.07. The van der Waals surface area contributed by atoms with Crippen molar-refractivity contribution in [3.8, 4) is 0 Å². The molecule has 27 heavy (non-hydrogen) atoms. The van der Waals surface area contributed by atoms with Crippen molar-refractivity contribution >= 4 is 23.4 Å². The summed E-state index contributed by atoms with van der Waals surface area (Å²) in [6, 6.07) is 3.04. The van der Waals surface area contributed by atoms with Crippen LogP contribution >= 0.6 is 0 Å². The first kappa shape index (κ1) is 18.6. The van der Waals surface area contributed by atoms with E-state index in [1.165, 1.54) is 18.5 Å². The van der Waals surface area contributed by atoms with Crippen molar-refractivity contribution in [3.63, 3.8) is 0 Å². The summed E-state index contributed by atoms with van der Waals surface area (Å²) >= 11 is 0. The molecule has 2 aromatic rings. The third-order valence-corrected chi connectivity index (χ3v) is 4.75. The molecule has 1 fully saturated rings. The number of likely N-dealkylation sites (tertiary alicyclic amines) is 1. The second-order valence-electron chi connectivity index (χ2n) is 6.82. The van der Waals surface area contributed by atoms with Crippen LogP contribution in [0.5, 0.6) is 0 Å². The first-order valence-electron chi connectivity index (χ1n) is 8.71. The number of carbonyl (C=O) groups excluding carboxylic acids is 3. The van der Waals surface area contributed by atoms with E-state index in [-0.39, 0.29) is 17.3 Å². The van der Waals surface area contributed by atoms with Gasteiger partial charge in [-0.05, 0) is 30.9 Å². The van der Waals surface area contributed by atoms with Gasteiger partial charge in [-0.15, -0.1) is 0 Å². The number of pyridine rings is 1. The number of piperidine rings is 1. The Morgan fingerprint density at radius 1 is 1.26 bits per heavy atom. The predicted octanol–water partition coefficient (Wildman–Crippen LogP) is 0.852. The largest absolute Gasteiger partial charge is 0.366 e. The number of primary amides is 1. The van der Waals surface area contributed by atoms with Gasteiger partial charge >= 0.3 is 11.8 Å². The smallest absolute Gasteiger partial charge is 0.313 e. The summed E-state index contributed by atoms with van der Waals surface area (Å²) in [6.07, 6.45) is 6.06. The zero-order chi connectivity index (χ0) is 19.6. The molecule has 1 aliphatic heterocycles. The van der Waals surface area contributed by atoms with Gasteiger partial charge in [0.25, 0.3) is 0 Å². The van der Waals surface area contributed by atoms with Gasteiger partial charge in [0.05, 0.1) is 29.2 Å². The van der Waals surface area contributed by atoms with Crippen molar-refractivity contribution in [1.82, 2.24) is 19.7 Å². The number of hydrogen-bond acceptors (Lipinski definition) is 5. The van der Waals surface area contributed by atoms with Crippen LogP contribution in [0.4, 0.5) is 5.69 Å². The number of amides is 3. The van der Waals surface area contributed by atoms with Gasteiger partial charge in [0.1, 0.15) is 0 Å². The van der Waals surface area contributed by atoms with Crippen molar-refractivity contribution in [3.05, 3.63) is 42.0 Å². The van der Waals surface area contributed by atoms with Crippen LogP contribution in [0.25, 0.3) is 0 Å². The third kappa shape index (κ3) is 3.97. The molecule has 3 N–H and O–H groups in total. The zero-order valence-electron chi connectivity index (χ0n) is 15.3. The van der Waals surface area contributed by atoms with Crippen molar-refractivity contribution in [1.29, 1.82) is 0 Å². The molecule has 1 aliphatic rings. The number of aryl methyl sites for hydroxylation is 1. The fourth-order valence-corrected chi connectivity index (χ4v) is 3.35. The fourth-order valence-electron chi connectivity index (χ4n) is 3.35. The van der Waals surface area contributed by atoms with Gasteiger partial charge in [-0.25, -0.2) is 0 Å². The summed E-state index contributed by atoms with van der Waals surface area (Å²) in [6.45, 7) is 2.54. The molecule has 1 saturated heterocycles. The third-order valence-electron chi connectivity index (χ3n) is 4.75. The maximum Gasteiger partial charge on any atom is 0.313 e. The van der Waals surface area contributed by atoms with Gasteiger partial charge in [-0.1, -0.05) is 6.92 Å². The number of aromatic nitrogens is 3. The Morgan fingerprint density at radius 3 is 2.70 bits per heavy atom. The zero-order valence-corrected chi connectivity index (χ0v) is 15.3. The van der Waals surface area contributed by atoms with E-state index >= 15 is 0 Å². The Labute approximate surface area is 156 Å². The average molecular weight is 370 g/mol. The molecule has 0 saturated carbocycles. The van der Waals surface area contributed by atoms with Gasteiger partial charge in [0.15, 0.2) is 0 Å². The van der Waals surface area contributed by atoms with E-state index in [0.29, 0.717) is 12.5 Å². The molecule has 0 aromatic carbocycles. The maximum absolute atomic E-state index is 12.9. The highest BCUT2D eigenvalue weighted by Crippen LogP contribution is 2.33. The number of nitrogens with zero attached hydrogens (tertiary/aromatic N) is 4. The van der Waals surface area contributed by atoms with E-state index in [9.17, 15) is 14.4 Å². The molecule has 142 valence electrons. The standard InChI is InChI=1S/C18H22N6O3/c1-11-3-4-15(14-5-6-21-23(14)2)24(10-11)18(27)17(26)22-13-7-12(16(19)25)8-20-9-13/h5-9,11,15H,3-4,10H2,1-2H3,(H2,19,25)(H,22,26)/t11-,15+/m0/s1. The molecule has 9 nitrogen and oxygen atoms in total. The Morgan fingerprint density at radius 2 is 2.04 bits per heavy atom. The van der Waals surface area contributed by atoms with Crippen molar-refractivity contribution in [2.45, 2.75) is 25.8 Å². The van der Waals surface area contributed by atoms with Crippen LogP contribution < -0.4 is 11.1 Å². The molecule has 2 atom stereocenters. The number of anilines is 1. The summed E-state index contributed by atoms with van der Waals surface area (Å²) in [5.74, 6) is -1.77. The molecule has 2 aromatic heterocycles. The van der Waals surface area contributed by atoms with Crippen molar-refractivity contribution in [2.75, 3.05) is 11.9 Å². The first-order chi connectivity index (χ1) is 12.9. The quantitative estimate of drug-likeness (QED) is 0.776. The van der Waals surface area contributed by atoms with Gasteiger partial charge in [0.2, 0.25) is 5.91 Å². The monoisotopic (exact) mass is 370 g/mol. The Bertz CT molecular complexity index is 877. The Balaban J connectivity index is 1.79. The minimum Gasteiger partial charge on any atom is -0.366 e. The topological polar surface area (TPSA) is 123 Å². The first-order valence-corrected chi connectivity index (χ1v) is 8.71. The summed E-state index contributed by atoms with van der Waals surface area (Å²) < 4.78 is 1.72. The van der Waals surface area contributed by atoms with Gasteiger partial charge in [-0.3, -0.25) is 24.0 Å². The van der Waals surface area contributed by atoms with Crippen LogP contribution in [0.2, 0.25) is 0 Å². The Kier molecular flexibility index (Phi) is 5.20. The highest BCUT2D eigenvalue weighted by atomic mass is 16.2. The van der Waals surface area contributed by atoms with Crippen LogP contribution in [0, 0.1) is 5.92 Å². The lowest BCUT2D eigenvalue weighted by Gasteiger charge is -2.38. The molecular weight excluding hydrogens is 348 g/mol. The summed E-state index contributed by atoms with van der Waals surface area (Å²) in [7, 11) is 1.82. The molecule has 3 rings (SSSR count). The number of rotatable bonds is 3. The summed E-state index contributed by atoms with van der Waals surface area (Å²) in [5, 5.41) is 6.68. The SMILES string of the molecule is C[C@H]1CC[C@H](c2ccnn2C)N(C(=O)C(=O)Nc2cncc(C(N)=O)c2)C1. The fraction of sp³-hybridized carbons (Fsp3) is 0.389. The van der Waals surface area contributed by atoms with Gasteiger partial charge in [0, 0.05) is 26.0 Å². The van der Waals surface area contributed by atoms with E-state index in [4.69, 9.17) is 5.73 Å². The van der Waals surface area contributed by atoms with Crippen LogP contribution in [-0.2, 0) is 16.6 Å². The molecule has 0 aliphatic carbocycles. The van der Waals surface area contributed by atoms with E-state index in [0.717, 1.165) is 18.5 Å². The van der Waals surface area contributed by atoms with Crippen LogP contribution in [0.15, 0.2) is 30.7 Å². The molecule has 0 unspecified atom stereocenters. The molecule has 9 heteroatoms. The van der Waals surface area contributed by atoms with E-state index in [1.807, 2.05) is 13.1 Å². The maximum atomic E-state index is 12.9. The lowest BCUT2D eigenvalue weighted by atomic mass is 9.92. The minimum atomic E-state index is -0.778. The van der Waals surface area contributed by atoms with Gasteiger partial charge in [-0.2, -0.15) is 5.10 Å². The van der Waals surface area contributed by atoms with E-state index in [2.05, 4.69) is 22.3 Å². The number of hydrogen-bond donors (Lipinski definition) is 2. The number of nitrogens with one attached hydrogen (secondary N) is 1. The van der Waals surface area contributed by atoms with Crippen molar-refractivity contribution in [2.24, 2.45) is 18.7 Å². The van der Waals surface area contributed by atoms with Crippen LogP contribution in [0.1, 0.15) is 41.9 Å². The molecule has 3 amide bonds. The second-order valence-corrected chi connectivity index (χ2v) is 6.82. The molecule has 3 heterocycles. The summed E-state index contributed by atoms with van der Waals surface area (Å²) in [4.78, 5) is 42.1. The second kappa shape index (κ2) is 7.56. The Hall–Kier alpha value is -3.23. The van der Waals surface area contributed by atoms with E-state index < -0.39 is 17.7 Å².